The van der Waals surface area contributed by atoms with Crippen molar-refractivity contribution in [3.05, 3.63) is 59.7 Å². The van der Waals surface area contributed by atoms with Gasteiger partial charge in [-0.1, -0.05) is 0 Å². The molecule has 0 aliphatic carbocycles. The van der Waals surface area contributed by atoms with Crippen LogP contribution >= 0.6 is 0 Å². The van der Waals surface area contributed by atoms with Crippen LogP contribution in [0.2, 0.25) is 0 Å². The van der Waals surface area contributed by atoms with Crippen molar-refractivity contribution in [2.24, 2.45) is 5.73 Å². The highest BCUT2D eigenvalue weighted by atomic mass is 19.2. The lowest BCUT2D eigenvalue weighted by Gasteiger charge is -2.07. The minimum atomic E-state index is -1.09. The second kappa shape index (κ2) is 6.66. The number of nitrogens with two attached hydrogens (primary N) is 1. The fourth-order valence-electron chi connectivity index (χ4n) is 1.63. The summed E-state index contributed by atoms with van der Waals surface area (Å²) in [5.74, 6) is -2.89. The van der Waals surface area contributed by atoms with E-state index < -0.39 is 23.4 Å². The van der Waals surface area contributed by atoms with E-state index in [-0.39, 0.29) is 12.2 Å². The summed E-state index contributed by atoms with van der Waals surface area (Å²) < 4.78 is 30.9. The van der Waals surface area contributed by atoms with Crippen LogP contribution < -0.4 is 15.8 Å². The first kappa shape index (κ1) is 15.4. The first-order valence-corrected chi connectivity index (χ1v) is 6.23. The van der Waals surface area contributed by atoms with Gasteiger partial charge in [-0.3, -0.25) is 9.59 Å². The fraction of sp³-hybridized carbons (Fsp3) is 0.0667. The number of amides is 2. The minimum Gasteiger partial charge on any atom is -0.484 e. The van der Waals surface area contributed by atoms with Gasteiger partial charge in [0.25, 0.3) is 11.8 Å². The van der Waals surface area contributed by atoms with Gasteiger partial charge >= 0.3 is 0 Å². The maximum absolute atomic E-state index is 13.1. The molecule has 0 aliphatic heterocycles. The van der Waals surface area contributed by atoms with E-state index in [4.69, 9.17) is 10.5 Å². The average Bonchev–Trinajstić information content (AvgIpc) is 2.49. The number of primary amides is 1. The molecule has 0 aliphatic rings. The van der Waals surface area contributed by atoms with E-state index in [2.05, 4.69) is 5.32 Å². The highest BCUT2D eigenvalue weighted by molar-refractivity contribution is 6.04. The Morgan fingerprint density at radius 1 is 1.05 bits per heavy atom. The minimum absolute atomic E-state index is 0.00652. The van der Waals surface area contributed by atoms with Gasteiger partial charge < -0.3 is 15.8 Å². The SMILES string of the molecule is NC(=O)COc1ccc(NC(=O)c2ccc(F)c(F)c2)cc1. The van der Waals surface area contributed by atoms with E-state index in [9.17, 15) is 18.4 Å². The van der Waals surface area contributed by atoms with Crippen molar-refractivity contribution in [3.63, 3.8) is 0 Å². The summed E-state index contributed by atoms with van der Waals surface area (Å²) in [6, 6.07) is 9.01. The summed E-state index contributed by atoms with van der Waals surface area (Å²) in [7, 11) is 0. The van der Waals surface area contributed by atoms with Crippen molar-refractivity contribution in [2.75, 3.05) is 11.9 Å². The summed E-state index contributed by atoms with van der Waals surface area (Å²) in [4.78, 5) is 22.5. The first-order valence-electron chi connectivity index (χ1n) is 6.23. The number of anilines is 1. The van der Waals surface area contributed by atoms with Crippen molar-refractivity contribution in [1.29, 1.82) is 0 Å². The van der Waals surface area contributed by atoms with E-state index in [1.54, 1.807) is 0 Å². The number of hydrogen-bond donors (Lipinski definition) is 2. The predicted molar refractivity (Wildman–Crippen MR) is 75.4 cm³/mol. The lowest BCUT2D eigenvalue weighted by molar-refractivity contribution is -0.119. The lowest BCUT2D eigenvalue weighted by Crippen LogP contribution is -2.20. The third-order valence-electron chi connectivity index (χ3n) is 2.68. The summed E-state index contributed by atoms with van der Waals surface area (Å²) in [5, 5.41) is 2.52. The van der Waals surface area contributed by atoms with Gasteiger partial charge in [0.05, 0.1) is 0 Å². The molecule has 2 rings (SSSR count). The molecule has 2 aromatic carbocycles. The second-order valence-corrected chi connectivity index (χ2v) is 4.36. The summed E-state index contributed by atoms with van der Waals surface area (Å²) in [6.45, 7) is -0.249. The van der Waals surface area contributed by atoms with Crippen LogP contribution in [0.3, 0.4) is 0 Å². The molecule has 0 heterocycles. The van der Waals surface area contributed by atoms with Crippen LogP contribution in [0, 0.1) is 11.6 Å². The van der Waals surface area contributed by atoms with Crippen molar-refractivity contribution < 1.29 is 23.1 Å². The molecule has 0 saturated carbocycles. The maximum atomic E-state index is 13.1. The largest absolute Gasteiger partial charge is 0.484 e. The molecule has 0 bridgehead atoms. The molecule has 2 amide bonds. The van der Waals surface area contributed by atoms with Crippen LogP contribution in [0.1, 0.15) is 10.4 Å². The van der Waals surface area contributed by atoms with Crippen molar-refractivity contribution in [1.82, 2.24) is 0 Å². The van der Waals surface area contributed by atoms with Crippen LogP contribution in [0.5, 0.6) is 5.75 Å². The third kappa shape index (κ3) is 4.02. The molecule has 114 valence electrons. The van der Waals surface area contributed by atoms with E-state index >= 15 is 0 Å². The fourth-order valence-corrected chi connectivity index (χ4v) is 1.63. The molecule has 0 saturated heterocycles. The number of rotatable bonds is 5. The van der Waals surface area contributed by atoms with Gasteiger partial charge in [-0.05, 0) is 42.5 Å². The van der Waals surface area contributed by atoms with E-state index in [1.807, 2.05) is 0 Å². The summed E-state index contributed by atoms with van der Waals surface area (Å²) >= 11 is 0. The van der Waals surface area contributed by atoms with Crippen LogP contribution in [0.4, 0.5) is 14.5 Å². The Morgan fingerprint density at radius 2 is 1.73 bits per heavy atom. The highest BCUT2D eigenvalue weighted by Gasteiger charge is 2.10. The Kier molecular flexibility index (Phi) is 4.67. The van der Waals surface area contributed by atoms with Crippen molar-refractivity contribution in [2.45, 2.75) is 0 Å². The van der Waals surface area contributed by atoms with Gasteiger partial charge in [0.1, 0.15) is 5.75 Å². The molecule has 7 heteroatoms. The standard InChI is InChI=1S/C15H12F2N2O3/c16-12-6-1-9(7-13(12)17)15(21)19-10-2-4-11(5-3-10)22-8-14(18)20/h1-7H,8H2,(H2,18,20)(H,19,21). The summed E-state index contributed by atoms with van der Waals surface area (Å²) in [6.07, 6.45) is 0. The molecule has 0 fully saturated rings. The molecule has 0 atom stereocenters. The molecule has 5 nitrogen and oxygen atoms in total. The van der Waals surface area contributed by atoms with Crippen LogP contribution in [-0.2, 0) is 4.79 Å². The maximum Gasteiger partial charge on any atom is 0.255 e. The molecule has 3 N–H and O–H groups in total. The molecule has 0 unspecified atom stereocenters. The lowest BCUT2D eigenvalue weighted by atomic mass is 10.2. The topological polar surface area (TPSA) is 81.4 Å². The Morgan fingerprint density at radius 3 is 2.32 bits per heavy atom. The Bertz CT molecular complexity index is 702. The van der Waals surface area contributed by atoms with Crippen LogP contribution in [0.15, 0.2) is 42.5 Å². The van der Waals surface area contributed by atoms with Crippen molar-refractivity contribution >= 4 is 17.5 Å². The average molecular weight is 306 g/mol. The number of ether oxygens (including phenoxy) is 1. The quantitative estimate of drug-likeness (QED) is 0.887. The first-order chi connectivity index (χ1) is 10.5. The second-order valence-electron chi connectivity index (χ2n) is 4.36. The van der Waals surface area contributed by atoms with E-state index in [1.165, 1.54) is 30.3 Å². The molecule has 0 spiro atoms. The Labute approximate surface area is 124 Å². The van der Waals surface area contributed by atoms with Gasteiger partial charge in [-0.2, -0.15) is 0 Å². The molecule has 2 aromatic rings. The molecular weight excluding hydrogens is 294 g/mol. The van der Waals surface area contributed by atoms with Crippen LogP contribution in [0.25, 0.3) is 0 Å². The zero-order chi connectivity index (χ0) is 16.1. The smallest absolute Gasteiger partial charge is 0.255 e. The zero-order valence-corrected chi connectivity index (χ0v) is 11.3. The molecule has 0 aromatic heterocycles. The predicted octanol–water partition coefficient (Wildman–Crippen LogP) is 2.08. The van der Waals surface area contributed by atoms with Gasteiger partial charge in [0.15, 0.2) is 18.2 Å². The normalized spacial score (nSPS) is 10.1. The monoisotopic (exact) mass is 306 g/mol. The Balaban J connectivity index is 2.02. The van der Waals surface area contributed by atoms with Gasteiger partial charge in [-0.25, -0.2) is 8.78 Å². The van der Waals surface area contributed by atoms with Gasteiger partial charge in [-0.15, -0.1) is 0 Å². The summed E-state index contributed by atoms with van der Waals surface area (Å²) in [5.41, 5.74) is 5.37. The van der Waals surface area contributed by atoms with E-state index in [0.717, 1.165) is 12.1 Å². The van der Waals surface area contributed by atoms with Crippen molar-refractivity contribution in [3.8, 4) is 5.75 Å². The number of benzene rings is 2. The zero-order valence-electron chi connectivity index (χ0n) is 11.3. The Hall–Kier alpha value is -2.96. The highest BCUT2D eigenvalue weighted by Crippen LogP contribution is 2.17. The number of carbonyl (C=O) groups excluding carboxylic acids is 2. The third-order valence-corrected chi connectivity index (χ3v) is 2.68. The van der Waals surface area contributed by atoms with Gasteiger partial charge in [0.2, 0.25) is 0 Å². The van der Waals surface area contributed by atoms with E-state index in [0.29, 0.717) is 11.4 Å². The number of halogens is 2. The van der Waals surface area contributed by atoms with Gasteiger partial charge in [0, 0.05) is 11.3 Å². The number of hydrogen-bond acceptors (Lipinski definition) is 3. The molecule has 0 radical (unpaired) electrons. The molecule has 22 heavy (non-hydrogen) atoms. The molecular formula is C15H12F2N2O3. The number of nitrogens with one attached hydrogen (secondary N) is 1. The van der Waals surface area contributed by atoms with Crippen LogP contribution in [-0.4, -0.2) is 18.4 Å². The number of carbonyl (C=O) groups is 2.